The van der Waals surface area contributed by atoms with Crippen LogP contribution in [0.4, 0.5) is 0 Å². The summed E-state index contributed by atoms with van der Waals surface area (Å²) >= 11 is 3.44. The molecule has 0 aromatic carbocycles. The molecule has 1 aliphatic heterocycles. The summed E-state index contributed by atoms with van der Waals surface area (Å²) in [4.78, 5) is 0. The van der Waals surface area contributed by atoms with Gasteiger partial charge in [-0.05, 0) is 12.8 Å². The van der Waals surface area contributed by atoms with Crippen molar-refractivity contribution in [3.63, 3.8) is 0 Å². The summed E-state index contributed by atoms with van der Waals surface area (Å²) in [5.74, 6) is 0. The largest absolute Gasteiger partial charge is 0.379 e. The molecule has 1 fully saturated rings. The molecule has 0 aliphatic carbocycles. The maximum atomic E-state index is 5.74. The number of rotatable bonds is 8. The summed E-state index contributed by atoms with van der Waals surface area (Å²) in [5.41, 5.74) is 0. The first-order chi connectivity index (χ1) is 10.4. The van der Waals surface area contributed by atoms with Crippen molar-refractivity contribution in [2.24, 2.45) is 0 Å². The first kappa shape index (κ1) is 19.3. The van der Waals surface area contributed by atoms with Gasteiger partial charge in [0, 0.05) is 11.9 Å². The Bertz CT molecular complexity index is 206. The van der Waals surface area contributed by atoms with E-state index in [1.54, 1.807) is 0 Å². The van der Waals surface area contributed by atoms with E-state index < -0.39 is 0 Å². The summed E-state index contributed by atoms with van der Waals surface area (Å²) in [7, 11) is 0. The zero-order valence-corrected chi connectivity index (χ0v) is 14.5. The minimum absolute atomic E-state index is 0.0180. The van der Waals surface area contributed by atoms with Crippen LogP contribution in [0.2, 0.25) is 0 Å². The average Bonchev–Trinajstić information content (AvgIpc) is 2.48. The molecular formula is C15H29BrO5. The van der Waals surface area contributed by atoms with E-state index in [1.807, 2.05) is 0 Å². The fourth-order valence-corrected chi connectivity index (χ4v) is 2.34. The van der Waals surface area contributed by atoms with Crippen molar-refractivity contribution in [2.45, 2.75) is 31.8 Å². The van der Waals surface area contributed by atoms with Crippen molar-refractivity contribution in [1.29, 1.82) is 0 Å². The Kier molecular flexibility index (Phi) is 14.0. The van der Waals surface area contributed by atoms with Gasteiger partial charge in [0.05, 0.1) is 52.9 Å². The Morgan fingerprint density at radius 1 is 0.810 bits per heavy atom. The van der Waals surface area contributed by atoms with Gasteiger partial charge in [-0.3, -0.25) is 0 Å². The third-order valence-corrected chi connectivity index (χ3v) is 3.67. The van der Waals surface area contributed by atoms with E-state index >= 15 is 0 Å². The fraction of sp³-hybridized carbons (Fsp3) is 1.00. The molecule has 0 N–H and O–H groups in total. The lowest BCUT2D eigenvalue weighted by Gasteiger charge is -2.19. The van der Waals surface area contributed by atoms with Crippen LogP contribution in [0.3, 0.4) is 0 Å². The van der Waals surface area contributed by atoms with Gasteiger partial charge in [-0.1, -0.05) is 28.8 Å². The SMILES string of the molecule is BrCCCCCCOCC1COCCOCCOCCO1. The fourth-order valence-electron chi connectivity index (χ4n) is 1.94. The second kappa shape index (κ2) is 15.2. The van der Waals surface area contributed by atoms with Crippen LogP contribution in [0, 0.1) is 0 Å². The van der Waals surface area contributed by atoms with E-state index in [9.17, 15) is 0 Å². The van der Waals surface area contributed by atoms with Gasteiger partial charge in [0.15, 0.2) is 0 Å². The topological polar surface area (TPSA) is 46.2 Å². The summed E-state index contributed by atoms with van der Waals surface area (Å²) in [6.07, 6.45) is 4.81. The van der Waals surface area contributed by atoms with Crippen LogP contribution in [0.25, 0.3) is 0 Å². The first-order valence-electron chi connectivity index (χ1n) is 7.92. The molecule has 1 rings (SSSR count). The van der Waals surface area contributed by atoms with Gasteiger partial charge in [-0.25, -0.2) is 0 Å². The van der Waals surface area contributed by atoms with Crippen molar-refractivity contribution in [1.82, 2.24) is 0 Å². The number of ether oxygens (including phenoxy) is 5. The van der Waals surface area contributed by atoms with Crippen LogP contribution in [0.5, 0.6) is 0 Å². The van der Waals surface area contributed by atoms with Crippen molar-refractivity contribution >= 4 is 15.9 Å². The van der Waals surface area contributed by atoms with Crippen LogP contribution >= 0.6 is 15.9 Å². The molecule has 6 heteroatoms. The molecule has 0 aromatic rings. The Hall–Kier alpha value is 0.280. The number of hydrogen-bond acceptors (Lipinski definition) is 5. The van der Waals surface area contributed by atoms with Gasteiger partial charge < -0.3 is 23.7 Å². The molecule has 5 nitrogen and oxygen atoms in total. The van der Waals surface area contributed by atoms with Gasteiger partial charge in [0.1, 0.15) is 6.10 Å². The van der Waals surface area contributed by atoms with Crippen LogP contribution < -0.4 is 0 Å². The molecule has 1 aliphatic rings. The van der Waals surface area contributed by atoms with Gasteiger partial charge in [-0.15, -0.1) is 0 Å². The van der Waals surface area contributed by atoms with E-state index in [0.717, 1.165) is 18.4 Å². The van der Waals surface area contributed by atoms with Crippen LogP contribution in [0.1, 0.15) is 25.7 Å². The van der Waals surface area contributed by atoms with E-state index in [-0.39, 0.29) is 6.10 Å². The maximum Gasteiger partial charge on any atom is 0.104 e. The van der Waals surface area contributed by atoms with Gasteiger partial charge in [-0.2, -0.15) is 0 Å². The molecule has 1 unspecified atom stereocenters. The third-order valence-electron chi connectivity index (χ3n) is 3.11. The number of hydrogen-bond donors (Lipinski definition) is 0. The molecule has 126 valence electrons. The summed E-state index contributed by atoms with van der Waals surface area (Å²) in [6.45, 7) is 5.50. The highest BCUT2D eigenvalue weighted by Gasteiger charge is 2.10. The molecule has 0 radical (unpaired) electrons. The predicted octanol–water partition coefficient (Wildman–Crippen LogP) is 2.41. The first-order valence-corrected chi connectivity index (χ1v) is 9.04. The second-order valence-electron chi connectivity index (χ2n) is 4.97. The van der Waals surface area contributed by atoms with Crippen LogP contribution in [-0.2, 0) is 23.7 Å². The molecule has 21 heavy (non-hydrogen) atoms. The van der Waals surface area contributed by atoms with Crippen LogP contribution in [-0.4, -0.2) is 70.9 Å². The Balaban J connectivity index is 2.05. The lowest BCUT2D eigenvalue weighted by Crippen LogP contribution is -2.29. The van der Waals surface area contributed by atoms with E-state index in [0.29, 0.717) is 52.9 Å². The average molecular weight is 369 g/mol. The summed E-state index contributed by atoms with van der Waals surface area (Å²) in [5, 5.41) is 1.09. The molecule has 1 atom stereocenters. The highest BCUT2D eigenvalue weighted by Crippen LogP contribution is 2.03. The van der Waals surface area contributed by atoms with Crippen molar-refractivity contribution in [3.05, 3.63) is 0 Å². The smallest absolute Gasteiger partial charge is 0.104 e. The number of halogens is 1. The minimum Gasteiger partial charge on any atom is -0.379 e. The van der Waals surface area contributed by atoms with Crippen molar-refractivity contribution in [3.8, 4) is 0 Å². The molecular weight excluding hydrogens is 340 g/mol. The normalized spacial score (nSPS) is 22.4. The lowest BCUT2D eigenvalue weighted by atomic mass is 10.2. The molecule has 0 saturated carbocycles. The van der Waals surface area contributed by atoms with Crippen molar-refractivity contribution in [2.75, 3.05) is 64.8 Å². The third kappa shape index (κ3) is 12.5. The second-order valence-corrected chi connectivity index (χ2v) is 5.76. The number of alkyl halides is 1. The van der Waals surface area contributed by atoms with Crippen LogP contribution in [0.15, 0.2) is 0 Å². The zero-order chi connectivity index (χ0) is 15.0. The predicted molar refractivity (Wildman–Crippen MR) is 85.3 cm³/mol. The Labute approximate surface area is 136 Å². The van der Waals surface area contributed by atoms with E-state index in [1.165, 1.54) is 19.3 Å². The molecule has 0 bridgehead atoms. The summed E-state index contributed by atoms with van der Waals surface area (Å²) in [6, 6.07) is 0. The highest BCUT2D eigenvalue weighted by molar-refractivity contribution is 9.09. The van der Waals surface area contributed by atoms with Gasteiger partial charge >= 0.3 is 0 Å². The van der Waals surface area contributed by atoms with E-state index in [4.69, 9.17) is 23.7 Å². The van der Waals surface area contributed by atoms with Crippen molar-refractivity contribution < 1.29 is 23.7 Å². The zero-order valence-electron chi connectivity index (χ0n) is 12.9. The van der Waals surface area contributed by atoms with Gasteiger partial charge in [0.25, 0.3) is 0 Å². The molecule has 0 aromatic heterocycles. The maximum absolute atomic E-state index is 5.74. The lowest BCUT2D eigenvalue weighted by molar-refractivity contribution is -0.0903. The molecule has 0 spiro atoms. The van der Waals surface area contributed by atoms with E-state index in [2.05, 4.69) is 15.9 Å². The minimum atomic E-state index is -0.0180. The number of unbranched alkanes of at least 4 members (excludes halogenated alkanes) is 3. The Morgan fingerprint density at radius 2 is 1.48 bits per heavy atom. The standard InChI is InChI=1S/C15H29BrO5/c16-5-3-1-2-4-6-19-13-15-14-20-10-9-17-7-8-18-11-12-21-15/h15H,1-14H2. The molecule has 0 amide bonds. The summed E-state index contributed by atoms with van der Waals surface area (Å²) < 4.78 is 27.7. The highest BCUT2D eigenvalue weighted by atomic mass is 79.9. The van der Waals surface area contributed by atoms with Gasteiger partial charge in [0.2, 0.25) is 0 Å². The molecule has 1 heterocycles. The quantitative estimate of drug-likeness (QED) is 0.486. The molecule has 1 saturated heterocycles. The monoisotopic (exact) mass is 368 g/mol. The Morgan fingerprint density at radius 3 is 2.24 bits per heavy atom.